The van der Waals surface area contributed by atoms with Crippen LogP contribution in [0, 0.1) is 0 Å². The highest BCUT2D eigenvalue weighted by Gasteiger charge is 2.31. The summed E-state index contributed by atoms with van der Waals surface area (Å²) in [6, 6.07) is 23.4. The lowest BCUT2D eigenvalue weighted by atomic mass is 9.94. The Morgan fingerprint density at radius 3 is 1.98 bits per heavy atom. The molecule has 0 spiro atoms. The van der Waals surface area contributed by atoms with Gasteiger partial charge in [-0.15, -0.1) is 0 Å². The van der Waals surface area contributed by atoms with Crippen LogP contribution in [0.5, 0.6) is 0 Å². The molecule has 1 aromatic heterocycles. The van der Waals surface area contributed by atoms with E-state index in [4.69, 9.17) is 4.74 Å². The Morgan fingerprint density at radius 2 is 1.42 bits per heavy atom. The number of pyridine rings is 1. The topological polar surface area (TPSA) is 74.8 Å². The molecule has 3 amide bonds. The number of halogens is 3. The molecule has 1 heterocycles. The third-order valence-corrected chi connectivity index (χ3v) is 8.18. The van der Waals surface area contributed by atoms with Gasteiger partial charge in [0.1, 0.15) is 5.60 Å². The van der Waals surface area contributed by atoms with Crippen molar-refractivity contribution in [3.63, 3.8) is 0 Å². The van der Waals surface area contributed by atoms with E-state index >= 15 is 0 Å². The van der Waals surface area contributed by atoms with Crippen LogP contribution >= 0.6 is 0 Å². The van der Waals surface area contributed by atoms with Crippen molar-refractivity contribution >= 4 is 23.5 Å². The molecule has 1 fully saturated rings. The zero-order chi connectivity index (χ0) is 34.3. The van der Waals surface area contributed by atoms with E-state index in [0.717, 1.165) is 65.8 Å². The Balaban J connectivity index is 1.30. The lowest BCUT2D eigenvalue weighted by Gasteiger charge is -2.35. The van der Waals surface area contributed by atoms with Gasteiger partial charge in [0.15, 0.2) is 0 Å². The van der Waals surface area contributed by atoms with Crippen molar-refractivity contribution in [2.24, 2.45) is 0 Å². The summed E-state index contributed by atoms with van der Waals surface area (Å²) in [6.45, 7) is 6.13. The summed E-state index contributed by atoms with van der Waals surface area (Å²) >= 11 is 0. The number of aromatic nitrogens is 1. The molecule has 4 aromatic rings. The van der Waals surface area contributed by atoms with E-state index in [9.17, 15) is 22.8 Å². The third kappa shape index (κ3) is 9.36. The van der Waals surface area contributed by atoms with Gasteiger partial charge in [-0.1, -0.05) is 61.7 Å². The molecule has 5 rings (SSSR count). The first-order chi connectivity index (χ1) is 22.9. The van der Waals surface area contributed by atoms with Crippen LogP contribution in [0.15, 0.2) is 97.3 Å². The summed E-state index contributed by atoms with van der Waals surface area (Å²) < 4.78 is 44.8. The van der Waals surface area contributed by atoms with Crippen LogP contribution in [0.3, 0.4) is 0 Å². The summed E-state index contributed by atoms with van der Waals surface area (Å²) in [5.74, 6) is 0. The number of nitrogens with one attached hydrogen (secondary N) is 1. The molecule has 1 saturated carbocycles. The highest BCUT2D eigenvalue weighted by atomic mass is 19.4. The smallest absolute Gasteiger partial charge is 0.416 e. The van der Waals surface area contributed by atoms with Gasteiger partial charge in [-0.3, -0.25) is 9.88 Å². The lowest BCUT2D eigenvalue weighted by Crippen LogP contribution is -2.44. The molecular formula is C38H41F3N4O3. The second-order valence-electron chi connectivity index (χ2n) is 13.1. The maximum absolute atomic E-state index is 13.4. The van der Waals surface area contributed by atoms with Crippen LogP contribution < -0.4 is 10.2 Å². The second kappa shape index (κ2) is 14.9. The van der Waals surface area contributed by atoms with E-state index in [-0.39, 0.29) is 30.9 Å². The molecule has 0 radical (unpaired) electrons. The molecule has 0 aliphatic heterocycles. The SMILES string of the molecule is CC(C)(C)OC(=O)N(c1ccc(-c2ccc(CN(Cc3cccnc3)C(=O)Nc3ccc(C(F)(F)F)cc3)cc2)cc1)C1CCCCC1. The average molecular weight is 659 g/mol. The van der Waals surface area contributed by atoms with Crippen molar-refractivity contribution in [1.29, 1.82) is 0 Å². The summed E-state index contributed by atoms with van der Waals surface area (Å²) in [7, 11) is 0. The van der Waals surface area contributed by atoms with Crippen molar-refractivity contribution in [2.45, 2.75) is 83.8 Å². The molecule has 0 saturated heterocycles. The van der Waals surface area contributed by atoms with Gasteiger partial charge in [0.25, 0.3) is 0 Å². The Morgan fingerprint density at radius 1 is 0.812 bits per heavy atom. The van der Waals surface area contributed by atoms with Crippen LogP contribution in [0.1, 0.15) is 69.6 Å². The number of nitrogens with zero attached hydrogens (tertiary/aromatic N) is 3. The van der Waals surface area contributed by atoms with Crippen molar-refractivity contribution < 1.29 is 27.5 Å². The second-order valence-corrected chi connectivity index (χ2v) is 13.1. The fraction of sp³-hybridized carbons (Fsp3) is 0.342. The lowest BCUT2D eigenvalue weighted by molar-refractivity contribution is -0.137. The summed E-state index contributed by atoms with van der Waals surface area (Å²) in [5.41, 5.74) is 3.32. The predicted octanol–water partition coefficient (Wildman–Crippen LogP) is 10.1. The number of ether oxygens (including phenoxy) is 1. The van der Waals surface area contributed by atoms with E-state index in [1.54, 1.807) is 23.4 Å². The molecular weight excluding hydrogens is 617 g/mol. The van der Waals surface area contributed by atoms with Crippen LogP contribution in [-0.4, -0.2) is 33.7 Å². The molecule has 3 aromatic carbocycles. The fourth-order valence-corrected chi connectivity index (χ4v) is 5.81. The molecule has 1 N–H and O–H groups in total. The number of benzene rings is 3. The minimum Gasteiger partial charge on any atom is -0.443 e. The minimum absolute atomic E-state index is 0.102. The highest BCUT2D eigenvalue weighted by molar-refractivity contribution is 5.90. The minimum atomic E-state index is -4.46. The number of rotatable bonds is 8. The average Bonchev–Trinajstić information content (AvgIpc) is 3.05. The van der Waals surface area contributed by atoms with Gasteiger partial charge in [0.05, 0.1) is 5.56 Å². The van der Waals surface area contributed by atoms with E-state index in [1.165, 1.54) is 18.6 Å². The van der Waals surface area contributed by atoms with E-state index in [1.807, 2.05) is 80.3 Å². The molecule has 252 valence electrons. The number of alkyl halides is 3. The molecule has 10 heteroatoms. The Labute approximate surface area is 279 Å². The first-order valence-corrected chi connectivity index (χ1v) is 16.2. The van der Waals surface area contributed by atoms with E-state index in [2.05, 4.69) is 10.3 Å². The zero-order valence-corrected chi connectivity index (χ0v) is 27.5. The quantitative estimate of drug-likeness (QED) is 0.205. The van der Waals surface area contributed by atoms with Gasteiger partial charge >= 0.3 is 18.3 Å². The third-order valence-electron chi connectivity index (χ3n) is 8.18. The van der Waals surface area contributed by atoms with E-state index in [0.29, 0.717) is 0 Å². The summed E-state index contributed by atoms with van der Waals surface area (Å²) in [5, 5.41) is 2.72. The molecule has 1 aliphatic carbocycles. The molecule has 0 bridgehead atoms. The zero-order valence-electron chi connectivity index (χ0n) is 27.5. The molecule has 0 unspecified atom stereocenters. The largest absolute Gasteiger partial charge is 0.443 e. The van der Waals surface area contributed by atoms with Crippen molar-refractivity contribution in [3.05, 3.63) is 114 Å². The fourth-order valence-electron chi connectivity index (χ4n) is 5.81. The van der Waals surface area contributed by atoms with Gasteiger partial charge in [-0.05, 0) is 98.3 Å². The summed E-state index contributed by atoms with van der Waals surface area (Å²) in [4.78, 5) is 34.2. The first kappa shape index (κ1) is 34.5. The predicted molar refractivity (Wildman–Crippen MR) is 181 cm³/mol. The van der Waals surface area contributed by atoms with Gasteiger partial charge < -0.3 is 15.0 Å². The number of hydrogen-bond acceptors (Lipinski definition) is 4. The van der Waals surface area contributed by atoms with Crippen molar-refractivity contribution in [1.82, 2.24) is 9.88 Å². The Hall–Kier alpha value is -4.86. The van der Waals surface area contributed by atoms with Gasteiger partial charge in [0.2, 0.25) is 0 Å². The standard InChI is InChI=1S/C38H41F3N4O3/c1-37(2,3)48-36(47)45(33-9-5-4-6-10-33)34-21-15-30(16-22-34)29-13-11-27(12-14-29)25-44(26-28-8-7-23-42-24-28)35(46)43-32-19-17-31(18-20-32)38(39,40)41/h7-8,11-24,33H,4-6,9-10,25-26H2,1-3H3,(H,43,46). The van der Waals surface area contributed by atoms with Crippen LogP contribution in [-0.2, 0) is 24.0 Å². The monoisotopic (exact) mass is 658 g/mol. The normalized spacial score (nSPS) is 13.9. The van der Waals surface area contributed by atoms with Gasteiger partial charge in [0, 0.05) is 42.9 Å². The van der Waals surface area contributed by atoms with Gasteiger partial charge in [-0.25, -0.2) is 9.59 Å². The molecule has 7 nitrogen and oxygen atoms in total. The maximum Gasteiger partial charge on any atom is 0.416 e. The number of hydrogen-bond donors (Lipinski definition) is 1. The van der Waals surface area contributed by atoms with Crippen LogP contribution in [0.4, 0.5) is 34.1 Å². The van der Waals surface area contributed by atoms with Crippen LogP contribution in [0.2, 0.25) is 0 Å². The van der Waals surface area contributed by atoms with E-state index < -0.39 is 23.4 Å². The van der Waals surface area contributed by atoms with Crippen LogP contribution in [0.25, 0.3) is 11.1 Å². The molecule has 0 atom stereocenters. The van der Waals surface area contributed by atoms with Gasteiger partial charge in [-0.2, -0.15) is 13.2 Å². The maximum atomic E-state index is 13.4. The van der Waals surface area contributed by atoms with Crippen molar-refractivity contribution in [2.75, 3.05) is 10.2 Å². The highest BCUT2D eigenvalue weighted by Crippen LogP contribution is 2.32. The Bertz CT molecular complexity index is 1650. The summed E-state index contributed by atoms with van der Waals surface area (Å²) in [6.07, 6.45) is 3.78. The number of carbonyl (C=O) groups is 2. The Kier molecular flexibility index (Phi) is 10.7. The van der Waals surface area contributed by atoms with Crippen molar-refractivity contribution in [3.8, 4) is 11.1 Å². The number of anilines is 2. The number of urea groups is 1. The molecule has 48 heavy (non-hydrogen) atoms. The number of carbonyl (C=O) groups excluding carboxylic acids is 2. The first-order valence-electron chi connectivity index (χ1n) is 16.2. The molecule has 1 aliphatic rings. The number of amides is 3.